The molecule has 0 unspecified atom stereocenters. The predicted molar refractivity (Wildman–Crippen MR) is 65.4 cm³/mol. The van der Waals surface area contributed by atoms with Gasteiger partial charge in [-0.25, -0.2) is 4.58 Å². The second-order valence-electron chi connectivity index (χ2n) is 4.53. The molecule has 0 saturated carbocycles. The average molecular weight is 198 g/mol. The van der Waals surface area contributed by atoms with Crippen molar-refractivity contribution >= 4 is 6.72 Å². The molecule has 0 atom stereocenters. The Morgan fingerprint density at radius 2 is 1.43 bits per heavy atom. The van der Waals surface area contributed by atoms with Crippen LogP contribution in [0.15, 0.2) is 0 Å². The number of nitrogens with zero attached hydrogens (tertiary/aromatic N) is 1. The van der Waals surface area contributed by atoms with Crippen LogP contribution in [0.2, 0.25) is 0 Å². The zero-order valence-electron chi connectivity index (χ0n) is 10.4. The van der Waals surface area contributed by atoms with Gasteiger partial charge in [0, 0.05) is 6.42 Å². The Balaban J connectivity index is 3.10. The van der Waals surface area contributed by atoms with Crippen LogP contribution in [-0.2, 0) is 0 Å². The molecule has 0 aliphatic heterocycles. The van der Waals surface area contributed by atoms with E-state index in [2.05, 4.69) is 32.1 Å². The summed E-state index contributed by atoms with van der Waals surface area (Å²) in [6.07, 6.45) is 9.71. The minimum absolute atomic E-state index is 0.593. The molecule has 14 heavy (non-hydrogen) atoms. The fraction of sp³-hybridized carbons (Fsp3) is 0.923. The van der Waals surface area contributed by atoms with E-state index >= 15 is 0 Å². The van der Waals surface area contributed by atoms with Gasteiger partial charge in [0.1, 0.15) is 19.3 Å². The predicted octanol–water partition coefficient (Wildman–Crippen LogP) is 3.86. The van der Waals surface area contributed by atoms with Crippen LogP contribution in [0, 0.1) is 0 Å². The summed E-state index contributed by atoms with van der Waals surface area (Å²) < 4.78 is 2.19. The molecule has 1 nitrogen and oxygen atoms in total. The third-order valence-corrected chi connectivity index (χ3v) is 2.78. The molecule has 0 amide bonds. The van der Waals surface area contributed by atoms with E-state index in [4.69, 9.17) is 0 Å². The van der Waals surface area contributed by atoms with Gasteiger partial charge in [-0.15, -0.1) is 0 Å². The van der Waals surface area contributed by atoms with Crippen molar-refractivity contribution in [3.05, 3.63) is 0 Å². The average Bonchev–Trinajstić information content (AvgIpc) is 2.16. The summed E-state index contributed by atoms with van der Waals surface area (Å²) >= 11 is 0. The first-order chi connectivity index (χ1) is 6.68. The molecule has 0 radical (unpaired) electrons. The van der Waals surface area contributed by atoms with Gasteiger partial charge in [0.05, 0.1) is 0 Å². The minimum atomic E-state index is 0.593. The zero-order chi connectivity index (χ0) is 10.8. The monoisotopic (exact) mass is 198 g/mol. The highest BCUT2D eigenvalue weighted by atomic mass is 15.0. The molecule has 0 spiro atoms. The molecule has 0 bridgehead atoms. The summed E-state index contributed by atoms with van der Waals surface area (Å²) in [6, 6.07) is 0.593. The van der Waals surface area contributed by atoms with Crippen molar-refractivity contribution in [2.75, 3.05) is 6.54 Å². The van der Waals surface area contributed by atoms with Gasteiger partial charge in [-0.2, -0.15) is 0 Å². The molecule has 0 aromatic rings. The van der Waals surface area contributed by atoms with Crippen LogP contribution in [0.4, 0.5) is 0 Å². The summed E-state index contributed by atoms with van der Waals surface area (Å²) in [5.74, 6) is 0. The van der Waals surface area contributed by atoms with Gasteiger partial charge in [-0.1, -0.05) is 39.0 Å². The summed E-state index contributed by atoms with van der Waals surface area (Å²) in [4.78, 5) is 0. The lowest BCUT2D eigenvalue weighted by Gasteiger charge is -2.05. The standard InChI is InChI=1S/C13H28N/c1-5-6-7-8-9-10-11-12-14(4)13(2)3/h13H,4-12H2,1-3H3/q+1. The van der Waals surface area contributed by atoms with Crippen molar-refractivity contribution in [3.63, 3.8) is 0 Å². The Labute approximate surface area is 90.2 Å². The van der Waals surface area contributed by atoms with E-state index in [1.54, 1.807) is 0 Å². The Bertz CT molecular complexity index is 138. The van der Waals surface area contributed by atoms with Gasteiger partial charge in [-0.3, -0.25) is 0 Å². The van der Waals surface area contributed by atoms with E-state index in [9.17, 15) is 0 Å². The van der Waals surface area contributed by atoms with Crippen LogP contribution in [0.1, 0.15) is 65.7 Å². The van der Waals surface area contributed by atoms with Gasteiger partial charge in [0.15, 0.2) is 0 Å². The second kappa shape index (κ2) is 9.23. The Kier molecular flexibility index (Phi) is 9.02. The number of hydrogen-bond donors (Lipinski definition) is 0. The summed E-state index contributed by atoms with van der Waals surface area (Å²) in [5.41, 5.74) is 0. The van der Waals surface area contributed by atoms with Crippen LogP contribution in [0.25, 0.3) is 0 Å². The van der Waals surface area contributed by atoms with Crippen molar-refractivity contribution in [1.29, 1.82) is 0 Å². The van der Waals surface area contributed by atoms with Gasteiger partial charge < -0.3 is 0 Å². The first-order valence-corrected chi connectivity index (χ1v) is 6.25. The number of rotatable bonds is 9. The van der Waals surface area contributed by atoms with Crippen molar-refractivity contribution in [3.8, 4) is 0 Å². The lowest BCUT2D eigenvalue weighted by Crippen LogP contribution is -2.19. The van der Waals surface area contributed by atoms with E-state index in [1.807, 2.05) is 0 Å². The molecule has 0 aliphatic carbocycles. The first-order valence-electron chi connectivity index (χ1n) is 6.25. The number of hydrogen-bond acceptors (Lipinski definition) is 0. The van der Waals surface area contributed by atoms with Crippen LogP contribution < -0.4 is 0 Å². The molecule has 0 aromatic heterocycles. The van der Waals surface area contributed by atoms with Crippen molar-refractivity contribution in [2.45, 2.75) is 71.8 Å². The molecular formula is C13H28N+. The number of unbranched alkanes of at least 4 members (excludes halogenated alkanes) is 6. The molecule has 0 heterocycles. The van der Waals surface area contributed by atoms with Crippen molar-refractivity contribution < 1.29 is 4.58 Å². The normalized spacial score (nSPS) is 10.9. The van der Waals surface area contributed by atoms with Crippen LogP contribution in [0.3, 0.4) is 0 Å². The highest BCUT2D eigenvalue weighted by molar-refractivity contribution is 5.14. The van der Waals surface area contributed by atoms with Gasteiger partial charge in [0.25, 0.3) is 0 Å². The molecule has 0 aromatic carbocycles. The summed E-state index contributed by atoms with van der Waals surface area (Å²) in [5, 5.41) is 0. The van der Waals surface area contributed by atoms with E-state index in [0.717, 1.165) is 6.54 Å². The maximum Gasteiger partial charge on any atom is 0.146 e. The fourth-order valence-corrected chi connectivity index (χ4v) is 1.53. The third-order valence-electron chi connectivity index (χ3n) is 2.78. The maximum absolute atomic E-state index is 4.02. The Morgan fingerprint density at radius 1 is 0.929 bits per heavy atom. The third kappa shape index (κ3) is 8.28. The van der Waals surface area contributed by atoms with E-state index in [-0.39, 0.29) is 0 Å². The minimum Gasteiger partial charge on any atom is -0.240 e. The van der Waals surface area contributed by atoms with E-state index < -0.39 is 0 Å². The largest absolute Gasteiger partial charge is 0.240 e. The SMILES string of the molecule is C=[N+](CCCCCCCCC)C(C)C. The van der Waals surface area contributed by atoms with Crippen LogP contribution in [-0.4, -0.2) is 23.9 Å². The van der Waals surface area contributed by atoms with E-state index in [0.29, 0.717) is 6.04 Å². The van der Waals surface area contributed by atoms with Crippen molar-refractivity contribution in [2.24, 2.45) is 0 Å². The Morgan fingerprint density at radius 3 is 1.93 bits per heavy atom. The van der Waals surface area contributed by atoms with Gasteiger partial charge in [-0.05, 0) is 20.3 Å². The quantitative estimate of drug-likeness (QED) is 0.301. The lowest BCUT2D eigenvalue weighted by molar-refractivity contribution is -0.551. The molecule has 0 fully saturated rings. The molecular weight excluding hydrogens is 170 g/mol. The molecule has 0 saturated heterocycles. The highest BCUT2D eigenvalue weighted by Gasteiger charge is 2.04. The van der Waals surface area contributed by atoms with Gasteiger partial charge >= 0.3 is 0 Å². The molecule has 84 valence electrons. The Hall–Kier alpha value is -0.330. The molecule has 0 aliphatic rings. The smallest absolute Gasteiger partial charge is 0.146 e. The van der Waals surface area contributed by atoms with Crippen LogP contribution in [0.5, 0.6) is 0 Å². The second-order valence-corrected chi connectivity index (χ2v) is 4.53. The molecule has 0 N–H and O–H groups in total. The molecule has 0 rings (SSSR count). The highest BCUT2D eigenvalue weighted by Crippen LogP contribution is 2.06. The lowest BCUT2D eigenvalue weighted by atomic mass is 10.1. The fourth-order valence-electron chi connectivity index (χ4n) is 1.53. The van der Waals surface area contributed by atoms with Crippen LogP contribution >= 0.6 is 0 Å². The molecule has 1 heteroatoms. The summed E-state index contributed by atoms with van der Waals surface area (Å²) in [7, 11) is 0. The van der Waals surface area contributed by atoms with Gasteiger partial charge in [0.2, 0.25) is 0 Å². The first kappa shape index (κ1) is 13.7. The van der Waals surface area contributed by atoms with E-state index in [1.165, 1.54) is 44.9 Å². The topological polar surface area (TPSA) is 3.01 Å². The maximum atomic E-state index is 4.02. The van der Waals surface area contributed by atoms with Crippen molar-refractivity contribution in [1.82, 2.24) is 0 Å². The zero-order valence-corrected chi connectivity index (χ0v) is 10.4. The summed E-state index contributed by atoms with van der Waals surface area (Å²) in [6.45, 7) is 11.8.